The number of rotatable bonds is 3. The smallest absolute Gasteiger partial charge is 0.162 e. The van der Waals surface area contributed by atoms with Crippen LogP contribution in [-0.4, -0.2) is 5.78 Å². The van der Waals surface area contributed by atoms with Crippen molar-refractivity contribution >= 4 is 5.78 Å². The van der Waals surface area contributed by atoms with Gasteiger partial charge in [-0.2, -0.15) is 0 Å². The van der Waals surface area contributed by atoms with Crippen molar-refractivity contribution in [2.24, 2.45) is 11.8 Å². The predicted molar refractivity (Wildman–Crippen MR) is 81.1 cm³/mol. The maximum Gasteiger partial charge on any atom is 0.162 e. The number of hydrogen-bond donors (Lipinski definition) is 0. The van der Waals surface area contributed by atoms with E-state index >= 15 is 0 Å². The summed E-state index contributed by atoms with van der Waals surface area (Å²) in [6, 6.07) is 0. The molecule has 2 aliphatic rings. The first-order valence-electron chi connectivity index (χ1n) is 8.51. The van der Waals surface area contributed by atoms with Gasteiger partial charge in [-0.05, 0) is 43.6 Å². The van der Waals surface area contributed by atoms with Gasteiger partial charge in [0.1, 0.15) is 0 Å². The Morgan fingerprint density at radius 1 is 1.05 bits per heavy atom. The van der Waals surface area contributed by atoms with Crippen LogP contribution >= 0.6 is 0 Å². The third-order valence-electron chi connectivity index (χ3n) is 5.14. The largest absolute Gasteiger partial charge is 0.294 e. The van der Waals surface area contributed by atoms with E-state index < -0.39 is 0 Å². The highest BCUT2D eigenvalue weighted by Gasteiger charge is 2.37. The van der Waals surface area contributed by atoms with E-state index in [2.05, 4.69) is 13.8 Å². The van der Waals surface area contributed by atoms with Crippen LogP contribution in [0.4, 0.5) is 0 Å². The molecule has 2 unspecified atom stereocenters. The van der Waals surface area contributed by atoms with Gasteiger partial charge in [0.15, 0.2) is 5.78 Å². The minimum absolute atomic E-state index is 0.279. The Balaban J connectivity index is 2.16. The molecule has 1 fully saturated rings. The number of carbonyl (C=O) groups excluding carboxylic acids is 1. The maximum atomic E-state index is 12.5. The van der Waals surface area contributed by atoms with E-state index in [0.717, 1.165) is 6.42 Å². The molecule has 1 nitrogen and oxygen atoms in total. The second kappa shape index (κ2) is 7.26. The van der Waals surface area contributed by atoms with Crippen LogP contribution in [0.15, 0.2) is 11.1 Å². The summed E-state index contributed by atoms with van der Waals surface area (Å²) in [6.07, 6.45) is 14.1. The van der Waals surface area contributed by atoms with Crippen LogP contribution in [0.1, 0.15) is 84.5 Å². The van der Waals surface area contributed by atoms with E-state index in [4.69, 9.17) is 0 Å². The van der Waals surface area contributed by atoms with Crippen molar-refractivity contribution < 1.29 is 4.79 Å². The van der Waals surface area contributed by atoms with E-state index in [1.54, 1.807) is 5.57 Å². The number of unbranched alkanes of at least 4 members (excludes halogenated alkanes) is 1. The molecular weight excluding hydrogens is 232 g/mol. The topological polar surface area (TPSA) is 17.1 Å². The van der Waals surface area contributed by atoms with E-state index in [9.17, 15) is 4.79 Å². The standard InChI is InChI=1S/C18H30O/c1-3-4-11-17-16-13-10-8-6-5-7-9-12-15(16)14(2)18(17)19/h14-15H,3-13H2,1-2H3. The molecule has 0 amide bonds. The lowest BCUT2D eigenvalue weighted by atomic mass is 9.84. The minimum atomic E-state index is 0.279. The molecule has 108 valence electrons. The van der Waals surface area contributed by atoms with Gasteiger partial charge in [-0.15, -0.1) is 0 Å². The zero-order chi connectivity index (χ0) is 13.7. The molecule has 1 heteroatoms. The first kappa shape index (κ1) is 14.8. The molecule has 2 atom stereocenters. The molecule has 0 heterocycles. The quantitative estimate of drug-likeness (QED) is 0.661. The summed E-state index contributed by atoms with van der Waals surface area (Å²) in [4.78, 5) is 12.5. The van der Waals surface area contributed by atoms with Gasteiger partial charge < -0.3 is 0 Å². The van der Waals surface area contributed by atoms with E-state index in [1.165, 1.54) is 69.8 Å². The molecule has 0 radical (unpaired) electrons. The van der Waals surface area contributed by atoms with Crippen molar-refractivity contribution in [1.82, 2.24) is 0 Å². The normalized spacial score (nSPS) is 29.5. The van der Waals surface area contributed by atoms with E-state index in [0.29, 0.717) is 11.7 Å². The average molecular weight is 262 g/mol. The van der Waals surface area contributed by atoms with Gasteiger partial charge in [0.05, 0.1) is 0 Å². The van der Waals surface area contributed by atoms with Crippen molar-refractivity contribution in [1.29, 1.82) is 0 Å². The highest BCUT2D eigenvalue weighted by Crippen LogP contribution is 2.42. The number of ketones is 1. The second-order valence-electron chi connectivity index (χ2n) is 6.53. The minimum Gasteiger partial charge on any atom is -0.294 e. The van der Waals surface area contributed by atoms with E-state index in [-0.39, 0.29) is 5.92 Å². The number of hydrogen-bond acceptors (Lipinski definition) is 1. The number of carbonyl (C=O) groups is 1. The molecule has 1 saturated carbocycles. The summed E-state index contributed by atoms with van der Waals surface area (Å²) in [7, 11) is 0. The SMILES string of the molecule is CCCCC1=C2CCCCCCCCC2C(C)C1=O. The molecule has 0 N–H and O–H groups in total. The van der Waals surface area contributed by atoms with Crippen molar-refractivity contribution in [3.05, 3.63) is 11.1 Å². The van der Waals surface area contributed by atoms with Gasteiger partial charge in [0.2, 0.25) is 0 Å². The Bertz CT molecular complexity index is 340. The fourth-order valence-corrected chi connectivity index (χ4v) is 3.93. The zero-order valence-corrected chi connectivity index (χ0v) is 12.8. The summed E-state index contributed by atoms with van der Waals surface area (Å²) in [5, 5.41) is 0. The van der Waals surface area contributed by atoms with Gasteiger partial charge >= 0.3 is 0 Å². The Hall–Kier alpha value is -0.590. The van der Waals surface area contributed by atoms with Crippen molar-refractivity contribution in [3.8, 4) is 0 Å². The Kier molecular flexibility index (Phi) is 5.66. The fraction of sp³-hybridized carbons (Fsp3) is 0.833. The van der Waals surface area contributed by atoms with Gasteiger partial charge in [0, 0.05) is 5.92 Å². The third-order valence-corrected chi connectivity index (χ3v) is 5.14. The molecular formula is C18H30O. The van der Waals surface area contributed by atoms with E-state index in [1.807, 2.05) is 0 Å². The molecule has 0 aromatic carbocycles. The molecule has 0 spiro atoms. The van der Waals surface area contributed by atoms with Crippen LogP contribution in [0.25, 0.3) is 0 Å². The van der Waals surface area contributed by atoms with Gasteiger partial charge in [-0.1, -0.05) is 57.9 Å². The highest BCUT2D eigenvalue weighted by molar-refractivity contribution is 6.00. The lowest BCUT2D eigenvalue weighted by molar-refractivity contribution is -0.118. The maximum absolute atomic E-state index is 12.5. The summed E-state index contributed by atoms with van der Waals surface area (Å²) in [5.41, 5.74) is 2.83. The van der Waals surface area contributed by atoms with Crippen LogP contribution in [0.5, 0.6) is 0 Å². The highest BCUT2D eigenvalue weighted by atomic mass is 16.1. The molecule has 0 aromatic heterocycles. The summed E-state index contributed by atoms with van der Waals surface area (Å²) in [5.74, 6) is 1.37. The van der Waals surface area contributed by atoms with Gasteiger partial charge in [-0.25, -0.2) is 0 Å². The molecule has 2 aliphatic carbocycles. The summed E-state index contributed by atoms with van der Waals surface area (Å²) < 4.78 is 0. The van der Waals surface area contributed by atoms with Gasteiger partial charge in [-0.3, -0.25) is 4.79 Å². The molecule has 0 aliphatic heterocycles. The van der Waals surface area contributed by atoms with Crippen LogP contribution in [-0.2, 0) is 4.79 Å². The first-order chi connectivity index (χ1) is 9.25. The zero-order valence-electron chi connectivity index (χ0n) is 12.8. The fourth-order valence-electron chi connectivity index (χ4n) is 3.93. The van der Waals surface area contributed by atoms with Crippen LogP contribution < -0.4 is 0 Å². The third kappa shape index (κ3) is 3.49. The lowest BCUT2D eigenvalue weighted by Gasteiger charge is -2.20. The summed E-state index contributed by atoms with van der Waals surface area (Å²) >= 11 is 0. The average Bonchev–Trinajstić information content (AvgIpc) is 2.65. The van der Waals surface area contributed by atoms with Crippen LogP contribution in [0.3, 0.4) is 0 Å². The van der Waals surface area contributed by atoms with Crippen molar-refractivity contribution in [2.75, 3.05) is 0 Å². The first-order valence-corrected chi connectivity index (χ1v) is 8.51. The Morgan fingerprint density at radius 2 is 1.74 bits per heavy atom. The van der Waals surface area contributed by atoms with Gasteiger partial charge in [0.25, 0.3) is 0 Å². The Morgan fingerprint density at radius 3 is 2.47 bits per heavy atom. The van der Waals surface area contributed by atoms with Crippen LogP contribution in [0.2, 0.25) is 0 Å². The van der Waals surface area contributed by atoms with Crippen molar-refractivity contribution in [2.45, 2.75) is 84.5 Å². The molecule has 2 rings (SSSR count). The lowest BCUT2D eigenvalue weighted by Crippen LogP contribution is -2.15. The molecule has 0 saturated heterocycles. The molecule has 19 heavy (non-hydrogen) atoms. The van der Waals surface area contributed by atoms with Crippen molar-refractivity contribution in [3.63, 3.8) is 0 Å². The molecule has 0 bridgehead atoms. The summed E-state index contributed by atoms with van der Waals surface area (Å²) in [6.45, 7) is 4.40. The Labute approximate surface area is 118 Å². The molecule has 0 aromatic rings. The van der Waals surface area contributed by atoms with Crippen LogP contribution in [0, 0.1) is 11.8 Å². The number of allylic oxidation sites excluding steroid dienone is 2. The number of fused-ring (bicyclic) bond motifs is 1. The second-order valence-corrected chi connectivity index (χ2v) is 6.53. The number of Topliss-reactive ketones (excluding diaryl/α,β-unsaturated/α-hetero) is 1. The monoisotopic (exact) mass is 262 g/mol. The predicted octanol–water partition coefficient (Wildman–Crippen LogP) is 5.44.